The van der Waals surface area contributed by atoms with Gasteiger partial charge in [0.25, 0.3) is 5.91 Å². The number of alkyl halides is 3. The van der Waals surface area contributed by atoms with Gasteiger partial charge in [-0.2, -0.15) is 13.2 Å². The van der Waals surface area contributed by atoms with Crippen LogP contribution in [-0.4, -0.2) is 17.7 Å². The average Bonchev–Trinajstić information content (AvgIpc) is 3.08. The molecule has 0 bridgehead atoms. The third-order valence-corrected chi connectivity index (χ3v) is 4.15. The molecule has 1 amide bonds. The first-order valence-electron chi connectivity index (χ1n) is 8.98. The minimum Gasteiger partial charge on any atom is -0.491 e. The Hall–Kier alpha value is -3.29. The Morgan fingerprint density at radius 2 is 1.90 bits per heavy atom. The first-order chi connectivity index (χ1) is 13.8. The molecule has 1 heterocycles. The lowest BCUT2D eigenvalue weighted by Gasteiger charge is -2.15. The van der Waals surface area contributed by atoms with E-state index in [1.807, 2.05) is 13.0 Å². The van der Waals surface area contributed by atoms with Crippen molar-refractivity contribution in [1.29, 1.82) is 0 Å². The number of halogens is 3. The second kappa shape index (κ2) is 8.38. The summed E-state index contributed by atoms with van der Waals surface area (Å²) in [6, 6.07) is 11.9. The van der Waals surface area contributed by atoms with E-state index < -0.39 is 17.6 Å². The number of carbonyl (C=O) groups is 1. The maximum atomic E-state index is 13.1. The van der Waals surface area contributed by atoms with E-state index in [2.05, 4.69) is 10.5 Å². The molecule has 3 aromatic rings. The lowest BCUT2D eigenvalue weighted by atomic mass is 10.1. The van der Waals surface area contributed by atoms with Gasteiger partial charge in [0.1, 0.15) is 22.8 Å². The summed E-state index contributed by atoms with van der Waals surface area (Å²) in [5.41, 5.74) is 0.152. The third-order valence-electron chi connectivity index (χ3n) is 4.15. The number of benzene rings is 2. The highest BCUT2D eigenvalue weighted by Crippen LogP contribution is 2.36. The minimum absolute atomic E-state index is 0.0714. The first-order valence-corrected chi connectivity index (χ1v) is 8.98. The Kier molecular flexibility index (Phi) is 5.91. The quantitative estimate of drug-likeness (QED) is 0.572. The summed E-state index contributed by atoms with van der Waals surface area (Å²) in [6.07, 6.45) is -3.89. The number of amides is 1. The molecule has 0 unspecified atom stereocenters. The van der Waals surface area contributed by atoms with Crippen molar-refractivity contribution >= 4 is 11.6 Å². The zero-order valence-corrected chi connectivity index (χ0v) is 15.8. The molecule has 0 aliphatic carbocycles. The standard InChI is InChI=1S/C21H19F3N2O3/c1-3-11-28-17-10-9-15(21(22,23)24)12-16(17)25-20(27)18-13(2)29-26-19(18)14-7-5-4-6-8-14/h4-10,12H,3,11H2,1-2H3,(H,25,27). The highest BCUT2D eigenvalue weighted by Gasteiger charge is 2.32. The van der Waals surface area contributed by atoms with Gasteiger partial charge in [0.05, 0.1) is 17.9 Å². The summed E-state index contributed by atoms with van der Waals surface area (Å²) < 4.78 is 50.1. The molecule has 152 valence electrons. The van der Waals surface area contributed by atoms with Gasteiger partial charge in [0, 0.05) is 5.56 Å². The van der Waals surface area contributed by atoms with Crippen LogP contribution in [0.5, 0.6) is 5.75 Å². The van der Waals surface area contributed by atoms with Crippen LogP contribution in [0.25, 0.3) is 11.3 Å². The summed E-state index contributed by atoms with van der Waals surface area (Å²) in [4.78, 5) is 12.9. The van der Waals surface area contributed by atoms with E-state index in [4.69, 9.17) is 9.26 Å². The zero-order chi connectivity index (χ0) is 21.0. The number of aromatic nitrogens is 1. The molecule has 5 nitrogen and oxygen atoms in total. The third kappa shape index (κ3) is 4.59. The molecule has 2 aromatic carbocycles. The Bertz CT molecular complexity index is 998. The molecule has 0 saturated heterocycles. The Morgan fingerprint density at radius 3 is 2.55 bits per heavy atom. The predicted octanol–water partition coefficient (Wildman–Crippen LogP) is 5.71. The van der Waals surface area contributed by atoms with Crippen LogP contribution in [0.1, 0.15) is 35.0 Å². The van der Waals surface area contributed by atoms with Gasteiger partial charge >= 0.3 is 6.18 Å². The second-order valence-electron chi connectivity index (χ2n) is 6.34. The molecule has 29 heavy (non-hydrogen) atoms. The number of rotatable bonds is 6. The molecule has 0 radical (unpaired) electrons. The van der Waals surface area contributed by atoms with Crippen molar-refractivity contribution in [2.24, 2.45) is 0 Å². The highest BCUT2D eigenvalue weighted by atomic mass is 19.4. The Morgan fingerprint density at radius 1 is 1.17 bits per heavy atom. The number of aryl methyl sites for hydroxylation is 1. The van der Waals surface area contributed by atoms with Gasteiger partial charge in [-0.15, -0.1) is 0 Å². The lowest BCUT2D eigenvalue weighted by molar-refractivity contribution is -0.137. The molecule has 3 rings (SSSR count). The van der Waals surface area contributed by atoms with Crippen molar-refractivity contribution in [1.82, 2.24) is 5.16 Å². The molecule has 8 heteroatoms. The van der Waals surface area contributed by atoms with Gasteiger partial charge in [-0.25, -0.2) is 0 Å². The fourth-order valence-electron chi connectivity index (χ4n) is 2.76. The minimum atomic E-state index is -4.55. The van der Waals surface area contributed by atoms with Gasteiger partial charge in [-0.1, -0.05) is 42.4 Å². The van der Waals surface area contributed by atoms with Gasteiger partial charge in [-0.05, 0) is 31.5 Å². The van der Waals surface area contributed by atoms with Gasteiger partial charge in [0.15, 0.2) is 0 Å². The maximum absolute atomic E-state index is 13.1. The molecule has 1 aromatic heterocycles. The molecule has 0 spiro atoms. The predicted molar refractivity (Wildman–Crippen MR) is 102 cm³/mol. The van der Waals surface area contributed by atoms with E-state index in [9.17, 15) is 18.0 Å². The van der Waals surface area contributed by atoms with Crippen molar-refractivity contribution < 1.29 is 27.2 Å². The molecule has 1 N–H and O–H groups in total. The fourth-order valence-corrected chi connectivity index (χ4v) is 2.76. The Labute approximate surface area is 165 Å². The number of ether oxygens (including phenoxy) is 1. The van der Waals surface area contributed by atoms with Crippen LogP contribution >= 0.6 is 0 Å². The summed E-state index contributed by atoms with van der Waals surface area (Å²) in [7, 11) is 0. The molecule has 0 atom stereocenters. The van der Waals surface area contributed by atoms with Gasteiger partial charge in [-0.3, -0.25) is 4.79 Å². The number of hydrogen-bond donors (Lipinski definition) is 1. The number of carbonyl (C=O) groups excluding carboxylic acids is 1. The first kappa shape index (κ1) is 20.4. The van der Waals surface area contributed by atoms with E-state index in [1.54, 1.807) is 31.2 Å². The summed E-state index contributed by atoms with van der Waals surface area (Å²) in [5.74, 6) is -0.226. The summed E-state index contributed by atoms with van der Waals surface area (Å²) in [5, 5.41) is 6.45. The number of anilines is 1. The fraction of sp³-hybridized carbons (Fsp3) is 0.238. The highest BCUT2D eigenvalue weighted by molar-refractivity contribution is 6.09. The van der Waals surface area contributed by atoms with Crippen LogP contribution in [0.3, 0.4) is 0 Å². The van der Waals surface area contributed by atoms with Gasteiger partial charge in [0.2, 0.25) is 0 Å². The SMILES string of the molecule is CCCOc1ccc(C(F)(F)F)cc1NC(=O)c1c(-c2ccccc2)noc1C. The molecular formula is C21H19F3N2O3. The molecule has 0 fully saturated rings. The van der Waals surface area contributed by atoms with Crippen LogP contribution in [-0.2, 0) is 6.18 Å². The van der Waals surface area contributed by atoms with E-state index in [0.717, 1.165) is 12.1 Å². The van der Waals surface area contributed by atoms with E-state index in [-0.39, 0.29) is 22.8 Å². The van der Waals surface area contributed by atoms with Crippen LogP contribution in [0.2, 0.25) is 0 Å². The molecular weight excluding hydrogens is 385 g/mol. The van der Waals surface area contributed by atoms with Crippen molar-refractivity contribution in [2.45, 2.75) is 26.4 Å². The Balaban J connectivity index is 1.98. The number of nitrogens with zero attached hydrogens (tertiary/aromatic N) is 1. The van der Waals surface area contributed by atoms with Crippen molar-refractivity contribution in [3.05, 3.63) is 65.4 Å². The zero-order valence-electron chi connectivity index (χ0n) is 15.8. The van der Waals surface area contributed by atoms with Crippen molar-refractivity contribution in [3.63, 3.8) is 0 Å². The van der Waals surface area contributed by atoms with Crippen LogP contribution in [0.4, 0.5) is 18.9 Å². The summed E-state index contributed by atoms with van der Waals surface area (Å²) in [6.45, 7) is 3.74. The van der Waals surface area contributed by atoms with Gasteiger partial charge < -0.3 is 14.6 Å². The van der Waals surface area contributed by atoms with Crippen molar-refractivity contribution in [2.75, 3.05) is 11.9 Å². The van der Waals surface area contributed by atoms with Crippen LogP contribution in [0, 0.1) is 6.92 Å². The normalized spacial score (nSPS) is 11.3. The van der Waals surface area contributed by atoms with Crippen LogP contribution < -0.4 is 10.1 Å². The monoisotopic (exact) mass is 404 g/mol. The summed E-state index contributed by atoms with van der Waals surface area (Å²) >= 11 is 0. The maximum Gasteiger partial charge on any atom is 0.416 e. The largest absolute Gasteiger partial charge is 0.491 e. The molecule has 0 saturated carbocycles. The average molecular weight is 404 g/mol. The number of nitrogens with one attached hydrogen (secondary N) is 1. The smallest absolute Gasteiger partial charge is 0.416 e. The molecule has 0 aliphatic rings. The van der Waals surface area contributed by atoms with Crippen LogP contribution in [0.15, 0.2) is 53.1 Å². The molecule has 0 aliphatic heterocycles. The van der Waals surface area contributed by atoms with E-state index >= 15 is 0 Å². The second-order valence-corrected chi connectivity index (χ2v) is 6.34. The number of hydrogen-bond acceptors (Lipinski definition) is 4. The topological polar surface area (TPSA) is 64.4 Å². The van der Waals surface area contributed by atoms with Crippen molar-refractivity contribution in [3.8, 4) is 17.0 Å². The van der Waals surface area contributed by atoms with E-state index in [1.165, 1.54) is 6.07 Å². The lowest BCUT2D eigenvalue weighted by Crippen LogP contribution is -2.16. The van der Waals surface area contributed by atoms with E-state index in [0.29, 0.717) is 24.3 Å².